The van der Waals surface area contributed by atoms with Gasteiger partial charge in [-0.25, -0.2) is 0 Å². The second kappa shape index (κ2) is 10.3. The summed E-state index contributed by atoms with van der Waals surface area (Å²) in [5.41, 5.74) is 1.30. The highest BCUT2D eigenvalue weighted by atomic mass is 79.9. The van der Waals surface area contributed by atoms with Gasteiger partial charge in [0.25, 0.3) is 0 Å². The second-order valence-corrected chi connectivity index (χ2v) is 6.29. The zero-order chi connectivity index (χ0) is 13.9. The maximum atomic E-state index is 3.53. The van der Waals surface area contributed by atoms with Crippen LogP contribution in [0.3, 0.4) is 0 Å². The molecule has 0 unspecified atom stereocenters. The molecule has 0 bridgehead atoms. The minimum absolute atomic E-state index is 1.16. The second-order valence-electron chi connectivity index (χ2n) is 5.38. The predicted octanol–water partition coefficient (Wildman–Crippen LogP) is 6.03. The fourth-order valence-corrected chi connectivity index (χ4v) is 2.71. The van der Waals surface area contributed by atoms with Crippen LogP contribution in [0.2, 0.25) is 0 Å². The lowest BCUT2D eigenvalue weighted by Crippen LogP contribution is -2.18. The van der Waals surface area contributed by atoms with Gasteiger partial charge in [-0.2, -0.15) is 0 Å². The van der Waals surface area contributed by atoms with Crippen LogP contribution in [-0.4, -0.2) is 13.6 Å². The van der Waals surface area contributed by atoms with Crippen molar-refractivity contribution in [2.24, 2.45) is 0 Å². The summed E-state index contributed by atoms with van der Waals surface area (Å²) >= 11 is 3.53. The smallest absolute Gasteiger partial charge is 0.0374 e. The van der Waals surface area contributed by atoms with Crippen LogP contribution in [0.1, 0.15) is 58.3 Å². The minimum Gasteiger partial charge on any atom is -0.375 e. The molecule has 0 atom stereocenters. The van der Waals surface area contributed by atoms with Crippen LogP contribution in [0.4, 0.5) is 5.69 Å². The first-order valence-electron chi connectivity index (χ1n) is 7.70. The van der Waals surface area contributed by atoms with Crippen LogP contribution < -0.4 is 4.90 Å². The Kier molecular flexibility index (Phi) is 8.98. The SMILES string of the molecule is CCCCCCCCCCN(C)c1cccc(Br)c1. The van der Waals surface area contributed by atoms with Crippen molar-refractivity contribution < 1.29 is 0 Å². The highest BCUT2D eigenvalue weighted by molar-refractivity contribution is 9.10. The van der Waals surface area contributed by atoms with Crippen LogP contribution in [0.15, 0.2) is 28.7 Å². The Balaban J connectivity index is 2.06. The maximum Gasteiger partial charge on any atom is 0.0374 e. The number of halogens is 1. The van der Waals surface area contributed by atoms with Crippen molar-refractivity contribution in [1.29, 1.82) is 0 Å². The summed E-state index contributed by atoms with van der Waals surface area (Å²) in [6.45, 7) is 3.43. The van der Waals surface area contributed by atoms with Gasteiger partial charge in [0.1, 0.15) is 0 Å². The van der Waals surface area contributed by atoms with Gasteiger partial charge in [-0.05, 0) is 24.6 Å². The predicted molar refractivity (Wildman–Crippen MR) is 90.0 cm³/mol. The Labute approximate surface area is 127 Å². The number of rotatable bonds is 10. The summed E-state index contributed by atoms with van der Waals surface area (Å²) in [4.78, 5) is 2.35. The molecule has 19 heavy (non-hydrogen) atoms. The first-order chi connectivity index (χ1) is 9.24. The van der Waals surface area contributed by atoms with Crippen LogP contribution in [0.25, 0.3) is 0 Å². The summed E-state index contributed by atoms with van der Waals surface area (Å²) in [5, 5.41) is 0. The molecule has 0 amide bonds. The van der Waals surface area contributed by atoms with E-state index in [1.165, 1.54) is 57.1 Å². The van der Waals surface area contributed by atoms with Crippen LogP contribution in [-0.2, 0) is 0 Å². The van der Waals surface area contributed by atoms with Crippen molar-refractivity contribution in [2.75, 3.05) is 18.5 Å². The average Bonchev–Trinajstić information content (AvgIpc) is 2.41. The Morgan fingerprint density at radius 1 is 0.947 bits per heavy atom. The van der Waals surface area contributed by atoms with Gasteiger partial charge in [-0.1, -0.05) is 73.9 Å². The third-order valence-electron chi connectivity index (χ3n) is 3.60. The van der Waals surface area contributed by atoms with Gasteiger partial charge in [0.05, 0.1) is 0 Å². The van der Waals surface area contributed by atoms with Gasteiger partial charge in [0, 0.05) is 23.8 Å². The van der Waals surface area contributed by atoms with Crippen molar-refractivity contribution in [3.63, 3.8) is 0 Å². The summed E-state index contributed by atoms with van der Waals surface area (Å²) in [6.07, 6.45) is 11.1. The third-order valence-corrected chi connectivity index (χ3v) is 4.09. The molecule has 108 valence electrons. The fourth-order valence-electron chi connectivity index (χ4n) is 2.33. The van der Waals surface area contributed by atoms with Gasteiger partial charge in [-0.15, -0.1) is 0 Å². The monoisotopic (exact) mass is 325 g/mol. The van der Waals surface area contributed by atoms with E-state index in [1.54, 1.807) is 0 Å². The first kappa shape index (κ1) is 16.6. The molecular weight excluding hydrogens is 298 g/mol. The van der Waals surface area contributed by atoms with E-state index in [2.05, 4.69) is 59.1 Å². The van der Waals surface area contributed by atoms with E-state index in [0.29, 0.717) is 0 Å². The largest absolute Gasteiger partial charge is 0.375 e. The Morgan fingerprint density at radius 3 is 2.21 bits per heavy atom. The molecule has 0 fully saturated rings. The number of anilines is 1. The number of hydrogen-bond acceptors (Lipinski definition) is 1. The number of nitrogens with zero attached hydrogens (tertiary/aromatic N) is 1. The minimum atomic E-state index is 1.16. The van der Waals surface area contributed by atoms with Gasteiger partial charge in [0.2, 0.25) is 0 Å². The molecule has 2 heteroatoms. The fraction of sp³-hybridized carbons (Fsp3) is 0.647. The van der Waals surface area contributed by atoms with Gasteiger partial charge < -0.3 is 4.90 Å². The third kappa shape index (κ3) is 7.61. The van der Waals surface area contributed by atoms with E-state index in [0.717, 1.165) is 11.0 Å². The normalized spacial score (nSPS) is 10.7. The number of benzene rings is 1. The zero-order valence-corrected chi connectivity index (χ0v) is 14.1. The summed E-state index contributed by atoms with van der Waals surface area (Å²) in [5.74, 6) is 0. The first-order valence-corrected chi connectivity index (χ1v) is 8.50. The van der Waals surface area contributed by atoms with E-state index in [1.807, 2.05) is 0 Å². The molecule has 0 spiro atoms. The van der Waals surface area contributed by atoms with Crippen molar-refractivity contribution in [3.05, 3.63) is 28.7 Å². The van der Waals surface area contributed by atoms with Crippen LogP contribution in [0, 0.1) is 0 Å². The molecule has 0 aliphatic heterocycles. The zero-order valence-electron chi connectivity index (χ0n) is 12.5. The van der Waals surface area contributed by atoms with Crippen molar-refractivity contribution in [1.82, 2.24) is 0 Å². The summed E-state index contributed by atoms with van der Waals surface area (Å²) < 4.78 is 1.16. The van der Waals surface area contributed by atoms with Crippen molar-refractivity contribution in [2.45, 2.75) is 58.3 Å². The van der Waals surface area contributed by atoms with E-state index in [-0.39, 0.29) is 0 Å². The van der Waals surface area contributed by atoms with E-state index in [9.17, 15) is 0 Å². The van der Waals surface area contributed by atoms with Gasteiger partial charge >= 0.3 is 0 Å². The van der Waals surface area contributed by atoms with E-state index >= 15 is 0 Å². The Hall–Kier alpha value is -0.500. The summed E-state index contributed by atoms with van der Waals surface area (Å²) in [6, 6.07) is 8.54. The lowest BCUT2D eigenvalue weighted by molar-refractivity contribution is 0.575. The Bertz CT molecular complexity index is 338. The molecule has 1 nitrogen and oxygen atoms in total. The topological polar surface area (TPSA) is 3.24 Å². The molecule has 1 rings (SSSR count). The molecule has 0 heterocycles. The lowest BCUT2D eigenvalue weighted by atomic mass is 10.1. The molecule has 1 aromatic carbocycles. The van der Waals surface area contributed by atoms with Gasteiger partial charge in [0.15, 0.2) is 0 Å². The average molecular weight is 326 g/mol. The molecule has 0 radical (unpaired) electrons. The van der Waals surface area contributed by atoms with E-state index in [4.69, 9.17) is 0 Å². The molecular formula is C17H28BrN. The molecule has 0 aliphatic rings. The highest BCUT2D eigenvalue weighted by Gasteiger charge is 2.00. The number of hydrogen-bond donors (Lipinski definition) is 0. The molecule has 0 N–H and O–H groups in total. The molecule has 0 saturated carbocycles. The van der Waals surface area contributed by atoms with Crippen LogP contribution in [0.5, 0.6) is 0 Å². The van der Waals surface area contributed by atoms with E-state index < -0.39 is 0 Å². The Morgan fingerprint density at radius 2 is 1.58 bits per heavy atom. The van der Waals surface area contributed by atoms with Gasteiger partial charge in [-0.3, -0.25) is 0 Å². The summed E-state index contributed by atoms with van der Waals surface area (Å²) in [7, 11) is 2.18. The van der Waals surface area contributed by atoms with Crippen LogP contribution >= 0.6 is 15.9 Å². The maximum absolute atomic E-state index is 3.53. The molecule has 0 aromatic heterocycles. The number of unbranched alkanes of at least 4 members (excludes halogenated alkanes) is 7. The van der Waals surface area contributed by atoms with Crippen molar-refractivity contribution >= 4 is 21.6 Å². The highest BCUT2D eigenvalue weighted by Crippen LogP contribution is 2.19. The van der Waals surface area contributed by atoms with Crippen molar-refractivity contribution in [3.8, 4) is 0 Å². The molecule has 0 aliphatic carbocycles. The molecule has 1 aromatic rings. The lowest BCUT2D eigenvalue weighted by Gasteiger charge is -2.19. The molecule has 0 saturated heterocycles. The standard InChI is InChI=1S/C17H28BrN/c1-3-4-5-6-7-8-9-10-14-19(2)17-13-11-12-16(18)15-17/h11-13,15H,3-10,14H2,1-2H3. The quantitative estimate of drug-likeness (QED) is 0.475.